The number of carbonyl (C=O) groups excluding carboxylic acids is 2. The lowest BCUT2D eigenvalue weighted by atomic mass is 10.0. The topological polar surface area (TPSA) is 58.6 Å². The number of halogens is 1. The third-order valence-electron chi connectivity index (χ3n) is 4.27. The minimum atomic E-state index is -0.342. The quantitative estimate of drug-likeness (QED) is 0.811. The van der Waals surface area contributed by atoms with Crippen molar-refractivity contribution in [2.45, 2.75) is 45.2 Å². The van der Waals surface area contributed by atoms with Crippen LogP contribution in [0.3, 0.4) is 0 Å². The molecule has 1 aliphatic rings. The van der Waals surface area contributed by atoms with E-state index in [9.17, 15) is 14.0 Å². The number of likely N-dealkylation sites (tertiary alicyclic amines) is 1. The fourth-order valence-electron chi connectivity index (χ4n) is 2.99. The van der Waals surface area contributed by atoms with Crippen LogP contribution in [0.15, 0.2) is 24.3 Å². The molecular formula is C18H25FN2O3. The Morgan fingerprint density at radius 2 is 2.04 bits per heavy atom. The van der Waals surface area contributed by atoms with Crippen LogP contribution >= 0.6 is 0 Å². The molecule has 0 radical (unpaired) electrons. The zero-order valence-electron chi connectivity index (χ0n) is 14.3. The molecule has 1 aromatic carbocycles. The Bertz CT molecular complexity index is 562. The maximum Gasteiger partial charge on any atom is 0.323 e. The van der Waals surface area contributed by atoms with Gasteiger partial charge in [-0.3, -0.25) is 14.5 Å². The van der Waals surface area contributed by atoms with Gasteiger partial charge in [-0.05, 0) is 50.9 Å². The summed E-state index contributed by atoms with van der Waals surface area (Å²) >= 11 is 0. The van der Waals surface area contributed by atoms with Crippen molar-refractivity contribution in [2.75, 3.05) is 19.7 Å². The average molecular weight is 336 g/mol. The maximum atomic E-state index is 13.0. The molecular weight excluding hydrogens is 311 g/mol. The molecule has 1 fully saturated rings. The van der Waals surface area contributed by atoms with Gasteiger partial charge in [-0.25, -0.2) is 4.39 Å². The highest BCUT2D eigenvalue weighted by Crippen LogP contribution is 2.18. The SMILES string of the molecule is CCOC(=O)C1CCCCN1CC(=O)NC(C)c1ccc(F)cc1. The summed E-state index contributed by atoms with van der Waals surface area (Å²) in [6.07, 6.45) is 2.66. The zero-order valence-corrected chi connectivity index (χ0v) is 14.3. The van der Waals surface area contributed by atoms with Gasteiger partial charge in [0.15, 0.2) is 0 Å². The van der Waals surface area contributed by atoms with E-state index in [1.165, 1.54) is 12.1 Å². The number of nitrogens with one attached hydrogen (secondary N) is 1. The largest absolute Gasteiger partial charge is 0.465 e. The molecule has 24 heavy (non-hydrogen) atoms. The van der Waals surface area contributed by atoms with Gasteiger partial charge in [-0.1, -0.05) is 18.6 Å². The predicted octanol–water partition coefficient (Wildman–Crippen LogP) is 2.42. The summed E-state index contributed by atoms with van der Waals surface area (Å²) in [5.74, 6) is -0.706. The summed E-state index contributed by atoms with van der Waals surface area (Å²) in [6.45, 7) is 4.85. The third-order valence-corrected chi connectivity index (χ3v) is 4.27. The van der Waals surface area contributed by atoms with Crippen LogP contribution in [0.5, 0.6) is 0 Å². The number of nitrogens with zero attached hydrogens (tertiary/aromatic N) is 1. The lowest BCUT2D eigenvalue weighted by Crippen LogP contribution is -2.49. The summed E-state index contributed by atoms with van der Waals surface area (Å²) in [5, 5.41) is 2.90. The summed E-state index contributed by atoms with van der Waals surface area (Å²) in [5.41, 5.74) is 0.838. The first-order valence-corrected chi connectivity index (χ1v) is 8.46. The summed E-state index contributed by atoms with van der Waals surface area (Å²) < 4.78 is 18.1. The van der Waals surface area contributed by atoms with Gasteiger partial charge in [0.05, 0.1) is 19.2 Å². The van der Waals surface area contributed by atoms with E-state index < -0.39 is 0 Å². The number of ether oxygens (including phenoxy) is 1. The van der Waals surface area contributed by atoms with Crippen LogP contribution in [0, 0.1) is 5.82 Å². The van der Waals surface area contributed by atoms with E-state index in [1.807, 2.05) is 11.8 Å². The minimum Gasteiger partial charge on any atom is -0.465 e. The summed E-state index contributed by atoms with van der Waals surface area (Å²) in [4.78, 5) is 26.2. The molecule has 6 heteroatoms. The van der Waals surface area contributed by atoms with Gasteiger partial charge < -0.3 is 10.1 Å². The van der Waals surface area contributed by atoms with E-state index in [-0.39, 0.29) is 36.3 Å². The van der Waals surface area contributed by atoms with E-state index in [0.29, 0.717) is 13.2 Å². The molecule has 132 valence electrons. The normalized spacial score (nSPS) is 19.5. The van der Waals surface area contributed by atoms with Crippen LogP contribution in [-0.4, -0.2) is 42.5 Å². The Hall–Kier alpha value is -1.95. The van der Waals surface area contributed by atoms with Crippen LogP contribution in [0.25, 0.3) is 0 Å². The molecule has 2 atom stereocenters. The summed E-state index contributed by atoms with van der Waals surface area (Å²) in [7, 11) is 0. The predicted molar refractivity (Wildman–Crippen MR) is 88.8 cm³/mol. The minimum absolute atomic E-state index is 0.150. The van der Waals surface area contributed by atoms with Gasteiger partial charge in [0, 0.05) is 0 Å². The second-order valence-corrected chi connectivity index (χ2v) is 6.07. The molecule has 1 heterocycles. The smallest absolute Gasteiger partial charge is 0.323 e. The van der Waals surface area contributed by atoms with E-state index in [0.717, 1.165) is 24.8 Å². The first kappa shape index (κ1) is 18.4. The van der Waals surface area contributed by atoms with Crippen molar-refractivity contribution < 1.29 is 18.7 Å². The summed E-state index contributed by atoms with van der Waals surface area (Å²) in [6, 6.07) is 5.50. The van der Waals surface area contributed by atoms with Crippen LogP contribution < -0.4 is 5.32 Å². The number of benzene rings is 1. The zero-order chi connectivity index (χ0) is 17.5. The second-order valence-electron chi connectivity index (χ2n) is 6.07. The highest BCUT2D eigenvalue weighted by atomic mass is 19.1. The number of hydrogen-bond acceptors (Lipinski definition) is 4. The second kappa shape index (κ2) is 8.78. The Labute approximate surface area is 142 Å². The molecule has 5 nitrogen and oxygen atoms in total. The molecule has 1 N–H and O–H groups in total. The van der Waals surface area contributed by atoms with Crippen molar-refractivity contribution in [3.63, 3.8) is 0 Å². The van der Waals surface area contributed by atoms with Crippen LogP contribution in [-0.2, 0) is 14.3 Å². The number of rotatable bonds is 6. The molecule has 2 rings (SSSR count). The first-order chi connectivity index (χ1) is 11.5. The molecule has 0 aromatic heterocycles. The molecule has 1 aliphatic heterocycles. The van der Waals surface area contributed by atoms with Gasteiger partial charge in [-0.15, -0.1) is 0 Å². The molecule has 1 saturated heterocycles. The van der Waals surface area contributed by atoms with Crippen molar-refractivity contribution in [1.29, 1.82) is 0 Å². The van der Waals surface area contributed by atoms with Crippen molar-refractivity contribution in [1.82, 2.24) is 10.2 Å². The fourth-order valence-corrected chi connectivity index (χ4v) is 2.99. The number of carbonyl (C=O) groups is 2. The van der Waals surface area contributed by atoms with Gasteiger partial charge in [-0.2, -0.15) is 0 Å². The van der Waals surface area contributed by atoms with Gasteiger partial charge in [0.25, 0.3) is 0 Å². The lowest BCUT2D eigenvalue weighted by molar-refractivity contribution is -0.151. The molecule has 1 amide bonds. The highest BCUT2D eigenvalue weighted by Gasteiger charge is 2.31. The van der Waals surface area contributed by atoms with Crippen molar-refractivity contribution in [2.24, 2.45) is 0 Å². The number of hydrogen-bond donors (Lipinski definition) is 1. The number of piperidine rings is 1. The Morgan fingerprint density at radius 3 is 2.71 bits per heavy atom. The number of amides is 1. The fraction of sp³-hybridized carbons (Fsp3) is 0.556. The van der Waals surface area contributed by atoms with E-state index in [4.69, 9.17) is 4.74 Å². The molecule has 0 bridgehead atoms. The molecule has 0 spiro atoms. The monoisotopic (exact) mass is 336 g/mol. The van der Waals surface area contributed by atoms with Crippen molar-refractivity contribution >= 4 is 11.9 Å². The van der Waals surface area contributed by atoms with Crippen LogP contribution in [0.4, 0.5) is 4.39 Å². The lowest BCUT2D eigenvalue weighted by Gasteiger charge is -2.33. The van der Waals surface area contributed by atoms with Crippen LogP contribution in [0.2, 0.25) is 0 Å². The maximum absolute atomic E-state index is 13.0. The van der Waals surface area contributed by atoms with E-state index in [1.54, 1.807) is 19.1 Å². The van der Waals surface area contributed by atoms with Crippen LogP contribution in [0.1, 0.15) is 44.7 Å². The Kier molecular flexibility index (Phi) is 6.73. The third kappa shape index (κ3) is 5.03. The molecule has 0 aliphatic carbocycles. The molecule has 2 unspecified atom stereocenters. The van der Waals surface area contributed by atoms with Gasteiger partial charge in [0.1, 0.15) is 11.9 Å². The first-order valence-electron chi connectivity index (χ1n) is 8.46. The number of esters is 1. The standard InChI is InChI=1S/C18H25FN2O3/c1-3-24-18(23)16-6-4-5-11-21(16)12-17(22)20-13(2)14-7-9-15(19)10-8-14/h7-10,13,16H,3-6,11-12H2,1-2H3,(H,20,22). The van der Waals surface area contributed by atoms with Crippen molar-refractivity contribution in [3.8, 4) is 0 Å². The van der Waals surface area contributed by atoms with E-state index >= 15 is 0 Å². The Balaban J connectivity index is 1.91. The molecule has 0 saturated carbocycles. The Morgan fingerprint density at radius 1 is 1.33 bits per heavy atom. The van der Waals surface area contributed by atoms with Crippen molar-refractivity contribution in [3.05, 3.63) is 35.6 Å². The van der Waals surface area contributed by atoms with E-state index in [2.05, 4.69) is 5.32 Å². The molecule has 1 aromatic rings. The average Bonchev–Trinajstić information content (AvgIpc) is 2.56. The van der Waals surface area contributed by atoms with Gasteiger partial charge in [0.2, 0.25) is 5.91 Å². The highest BCUT2D eigenvalue weighted by molar-refractivity contribution is 5.81. The van der Waals surface area contributed by atoms with Gasteiger partial charge >= 0.3 is 5.97 Å².